The molecular weight excluding hydrogens is 140 g/mol. The molecule has 0 saturated carbocycles. The van der Waals surface area contributed by atoms with Crippen molar-refractivity contribution in [2.45, 2.75) is 20.3 Å². The molecule has 11 heavy (non-hydrogen) atoms. The van der Waals surface area contributed by atoms with Gasteiger partial charge in [0.05, 0.1) is 6.42 Å². The summed E-state index contributed by atoms with van der Waals surface area (Å²) >= 11 is 0. The van der Waals surface area contributed by atoms with Crippen molar-refractivity contribution in [3.8, 4) is 0 Å². The summed E-state index contributed by atoms with van der Waals surface area (Å²) in [5.41, 5.74) is 2.62. The number of hydrogen-bond acceptors (Lipinski definition) is 1. The van der Waals surface area contributed by atoms with Gasteiger partial charge >= 0.3 is 5.97 Å². The van der Waals surface area contributed by atoms with Crippen molar-refractivity contribution in [1.82, 2.24) is 0 Å². The van der Waals surface area contributed by atoms with Crippen LogP contribution in [-0.2, 0) is 4.79 Å². The number of carboxylic acid groups (broad SMARTS) is 1. The lowest BCUT2D eigenvalue weighted by Gasteiger charge is -2.12. The van der Waals surface area contributed by atoms with Crippen molar-refractivity contribution in [1.29, 1.82) is 0 Å². The number of rotatable bonds is 4. The van der Waals surface area contributed by atoms with E-state index in [0.29, 0.717) is 5.92 Å². The zero-order valence-corrected chi connectivity index (χ0v) is 7.00. The van der Waals surface area contributed by atoms with Crippen LogP contribution in [-0.4, -0.2) is 11.1 Å². The lowest BCUT2D eigenvalue weighted by atomic mass is 9.93. The molecule has 0 aromatic carbocycles. The Morgan fingerprint density at radius 3 is 2.55 bits per heavy atom. The third-order valence-corrected chi connectivity index (χ3v) is 1.60. The molecule has 0 heterocycles. The zero-order chi connectivity index (χ0) is 8.85. The van der Waals surface area contributed by atoms with E-state index in [1.54, 1.807) is 6.08 Å². The molecular formula is C9H14O2. The molecule has 2 nitrogen and oxygen atoms in total. The van der Waals surface area contributed by atoms with Gasteiger partial charge in [-0.1, -0.05) is 20.4 Å². The summed E-state index contributed by atoms with van der Waals surface area (Å²) in [6, 6.07) is 0. The van der Waals surface area contributed by atoms with Gasteiger partial charge in [0.25, 0.3) is 0 Å². The van der Waals surface area contributed by atoms with E-state index in [4.69, 9.17) is 5.11 Å². The van der Waals surface area contributed by atoms with E-state index in [1.165, 1.54) is 0 Å². The van der Waals surface area contributed by atoms with Crippen LogP contribution < -0.4 is 0 Å². The molecule has 1 atom stereocenters. The topological polar surface area (TPSA) is 37.3 Å². The van der Waals surface area contributed by atoms with E-state index < -0.39 is 5.97 Å². The lowest BCUT2D eigenvalue weighted by molar-refractivity contribution is -0.138. The molecule has 0 aromatic rings. The molecule has 0 aromatic heterocycles. The fourth-order valence-corrected chi connectivity index (χ4v) is 0.840. The Morgan fingerprint density at radius 1 is 1.73 bits per heavy atom. The van der Waals surface area contributed by atoms with Crippen LogP contribution in [0.5, 0.6) is 0 Å². The average molecular weight is 154 g/mol. The SMILES string of the molecule is C=C=CC(CC(=O)O)C(C)C. The number of aliphatic carboxylic acids is 1. The predicted molar refractivity (Wildman–Crippen MR) is 44.3 cm³/mol. The predicted octanol–water partition coefficient (Wildman–Crippen LogP) is 2.07. The van der Waals surface area contributed by atoms with Crippen molar-refractivity contribution in [2.24, 2.45) is 11.8 Å². The van der Waals surface area contributed by atoms with E-state index in [1.807, 2.05) is 13.8 Å². The van der Waals surface area contributed by atoms with E-state index >= 15 is 0 Å². The Kier molecular flexibility index (Phi) is 4.32. The Labute approximate surface area is 67.2 Å². The first kappa shape index (κ1) is 9.99. The largest absolute Gasteiger partial charge is 0.481 e. The van der Waals surface area contributed by atoms with Crippen LogP contribution in [0.25, 0.3) is 0 Å². The summed E-state index contributed by atoms with van der Waals surface area (Å²) in [5.74, 6) is -0.374. The van der Waals surface area contributed by atoms with Crippen molar-refractivity contribution in [2.75, 3.05) is 0 Å². The number of allylic oxidation sites excluding steroid dienone is 1. The van der Waals surface area contributed by atoms with Gasteiger partial charge in [0.2, 0.25) is 0 Å². The smallest absolute Gasteiger partial charge is 0.303 e. The molecule has 0 aliphatic rings. The molecule has 2 heteroatoms. The van der Waals surface area contributed by atoms with Gasteiger partial charge in [-0.3, -0.25) is 4.79 Å². The lowest BCUT2D eigenvalue weighted by Crippen LogP contribution is -2.10. The first-order valence-electron chi connectivity index (χ1n) is 3.65. The molecule has 62 valence electrons. The highest BCUT2D eigenvalue weighted by Crippen LogP contribution is 2.15. The molecule has 0 radical (unpaired) electrons. The monoisotopic (exact) mass is 154 g/mol. The van der Waals surface area contributed by atoms with E-state index in [0.717, 1.165) is 0 Å². The second kappa shape index (κ2) is 4.75. The Morgan fingerprint density at radius 2 is 2.27 bits per heavy atom. The summed E-state index contributed by atoms with van der Waals surface area (Å²) in [7, 11) is 0. The van der Waals surface area contributed by atoms with Crippen LogP contribution in [0, 0.1) is 11.8 Å². The Bertz CT molecular complexity index is 176. The fourth-order valence-electron chi connectivity index (χ4n) is 0.840. The van der Waals surface area contributed by atoms with Gasteiger partial charge in [-0.05, 0) is 17.9 Å². The maximum absolute atomic E-state index is 10.3. The zero-order valence-electron chi connectivity index (χ0n) is 7.00. The van der Waals surface area contributed by atoms with Gasteiger partial charge in [0.1, 0.15) is 0 Å². The van der Waals surface area contributed by atoms with Crippen LogP contribution in [0.3, 0.4) is 0 Å². The van der Waals surface area contributed by atoms with Gasteiger partial charge in [-0.2, -0.15) is 0 Å². The third kappa shape index (κ3) is 4.40. The molecule has 1 unspecified atom stereocenters. The third-order valence-electron chi connectivity index (χ3n) is 1.60. The van der Waals surface area contributed by atoms with Crippen molar-refractivity contribution < 1.29 is 9.90 Å². The average Bonchev–Trinajstić information content (AvgIpc) is 1.86. The van der Waals surface area contributed by atoms with Crippen molar-refractivity contribution in [3.63, 3.8) is 0 Å². The van der Waals surface area contributed by atoms with E-state index in [9.17, 15) is 4.79 Å². The molecule has 0 spiro atoms. The Hall–Kier alpha value is -1.01. The summed E-state index contributed by atoms with van der Waals surface area (Å²) in [5, 5.41) is 8.49. The minimum atomic E-state index is -0.768. The summed E-state index contributed by atoms with van der Waals surface area (Å²) in [6.07, 6.45) is 1.89. The maximum Gasteiger partial charge on any atom is 0.303 e. The van der Waals surface area contributed by atoms with Crippen LogP contribution in [0.15, 0.2) is 18.4 Å². The molecule has 0 fully saturated rings. The quantitative estimate of drug-likeness (QED) is 0.629. The maximum atomic E-state index is 10.3. The molecule has 0 amide bonds. The molecule has 1 N–H and O–H groups in total. The second-order valence-electron chi connectivity index (χ2n) is 2.88. The summed E-state index contributed by atoms with van der Waals surface area (Å²) in [6.45, 7) is 7.39. The van der Waals surface area contributed by atoms with Gasteiger partial charge < -0.3 is 5.11 Å². The summed E-state index contributed by atoms with van der Waals surface area (Å²) in [4.78, 5) is 10.3. The standard InChI is InChI=1S/C9H14O2/c1-4-5-8(7(2)3)6-9(10)11/h5,7-8H,1,6H2,2-3H3,(H,10,11). The fraction of sp³-hybridized carbons (Fsp3) is 0.556. The van der Waals surface area contributed by atoms with Crippen molar-refractivity contribution in [3.05, 3.63) is 18.4 Å². The number of hydrogen-bond donors (Lipinski definition) is 1. The van der Waals surface area contributed by atoms with E-state index in [-0.39, 0.29) is 12.3 Å². The molecule has 0 bridgehead atoms. The second-order valence-corrected chi connectivity index (χ2v) is 2.88. The minimum absolute atomic E-state index is 0.0602. The number of carbonyl (C=O) groups is 1. The molecule has 0 aliphatic carbocycles. The first-order chi connectivity index (χ1) is 5.07. The Balaban J connectivity index is 4.10. The minimum Gasteiger partial charge on any atom is -0.481 e. The van der Waals surface area contributed by atoms with Gasteiger partial charge in [0.15, 0.2) is 0 Å². The molecule has 0 rings (SSSR count). The molecule has 0 aliphatic heterocycles. The van der Waals surface area contributed by atoms with Crippen LogP contribution in [0.4, 0.5) is 0 Å². The first-order valence-corrected chi connectivity index (χ1v) is 3.65. The van der Waals surface area contributed by atoms with Gasteiger partial charge in [-0.15, -0.1) is 5.73 Å². The van der Waals surface area contributed by atoms with Gasteiger partial charge in [0, 0.05) is 0 Å². The van der Waals surface area contributed by atoms with Crippen LogP contribution >= 0.6 is 0 Å². The highest BCUT2D eigenvalue weighted by molar-refractivity contribution is 5.67. The highest BCUT2D eigenvalue weighted by atomic mass is 16.4. The van der Waals surface area contributed by atoms with Crippen LogP contribution in [0.1, 0.15) is 20.3 Å². The summed E-state index contributed by atoms with van der Waals surface area (Å²) < 4.78 is 0. The highest BCUT2D eigenvalue weighted by Gasteiger charge is 2.13. The number of carboxylic acids is 1. The normalized spacial score (nSPS) is 12.3. The van der Waals surface area contributed by atoms with Crippen LogP contribution in [0.2, 0.25) is 0 Å². The van der Waals surface area contributed by atoms with Gasteiger partial charge in [-0.25, -0.2) is 0 Å². The van der Waals surface area contributed by atoms with Crippen molar-refractivity contribution >= 4 is 5.97 Å². The van der Waals surface area contributed by atoms with E-state index in [2.05, 4.69) is 12.3 Å². The molecule has 0 saturated heterocycles.